The van der Waals surface area contributed by atoms with Crippen LogP contribution in [0.3, 0.4) is 0 Å². The van der Waals surface area contributed by atoms with E-state index in [0.717, 1.165) is 0 Å². The van der Waals surface area contributed by atoms with Crippen LogP contribution in [0.5, 0.6) is 0 Å². The fraction of sp³-hybridized carbons (Fsp3) is 0.375. The van der Waals surface area contributed by atoms with Gasteiger partial charge in [-0.25, -0.2) is 9.59 Å². The van der Waals surface area contributed by atoms with Crippen molar-refractivity contribution in [1.29, 1.82) is 0 Å². The standard InChI is InChI=1S/C16H17N3O6S/c1-16(7-25-15(17)24)11(14(22)23)19-12(21)10(13(19)26-16)5-9-4-8(6-20)2-3-18-9/h2-5,11,13,20H,6-7H2,1H3,(H2,17,24)(H,22,23)/b10-5-/t11-,13?,16-/m0/s1. The molecule has 4 N–H and O–H groups in total. The summed E-state index contributed by atoms with van der Waals surface area (Å²) in [6, 6.07) is 2.16. The first-order valence-electron chi connectivity index (χ1n) is 7.70. The van der Waals surface area contributed by atoms with Crippen LogP contribution in [0.15, 0.2) is 23.9 Å². The molecule has 0 aliphatic carbocycles. The Balaban J connectivity index is 1.89. The van der Waals surface area contributed by atoms with Crippen LogP contribution in [0.4, 0.5) is 4.79 Å². The van der Waals surface area contributed by atoms with Crippen molar-refractivity contribution in [2.75, 3.05) is 6.61 Å². The molecule has 3 rings (SSSR count). The minimum Gasteiger partial charge on any atom is -0.480 e. The number of hydrogen-bond donors (Lipinski definition) is 3. The number of aromatic nitrogens is 1. The summed E-state index contributed by atoms with van der Waals surface area (Å²) in [6.45, 7) is 1.24. The molecule has 1 aromatic heterocycles. The van der Waals surface area contributed by atoms with Crippen LogP contribution in [-0.4, -0.2) is 60.8 Å². The summed E-state index contributed by atoms with van der Waals surface area (Å²) in [4.78, 5) is 40.5. The van der Waals surface area contributed by atoms with Gasteiger partial charge in [-0.05, 0) is 30.7 Å². The highest BCUT2D eigenvalue weighted by Crippen LogP contribution is 2.53. The van der Waals surface area contributed by atoms with Gasteiger partial charge >= 0.3 is 12.1 Å². The highest BCUT2D eigenvalue weighted by atomic mass is 32.2. The lowest BCUT2D eigenvalue weighted by atomic mass is 9.94. The van der Waals surface area contributed by atoms with Crippen LogP contribution in [0, 0.1) is 0 Å². The van der Waals surface area contributed by atoms with Crippen LogP contribution in [0.2, 0.25) is 0 Å². The first-order valence-corrected chi connectivity index (χ1v) is 8.57. The van der Waals surface area contributed by atoms with Gasteiger partial charge in [-0.1, -0.05) is 0 Å². The number of aliphatic carboxylic acids is 1. The molecule has 2 amide bonds. The number of hydrogen-bond acceptors (Lipinski definition) is 7. The number of nitrogens with zero attached hydrogens (tertiary/aromatic N) is 2. The Bertz CT molecular complexity index is 813. The number of carboxylic acid groups (broad SMARTS) is 1. The molecule has 1 aromatic rings. The zero-order valence-electron chi connectivity index (χ0n) is 13.8. The average Bonchev–Trinajstić information content (AvgIpc) is 2.89. The van der Waals surface area contributed by atoms with Crippen molar-refractivity contribution in [2.24, 2.45) is 5.73 Å². The van der Waals surface area contributed by atoms with Gasteiger partial charge in [0.15, 0.2) is 0 Å². The van der Waals surface area contributed by atoms with Gasteiger partial charge in [0.1, 0.15) is 18.0 Å². The van der Waals surface area contributed by atoms with Crippen molar-refractivity contribution in [3.05, 3.63) is 35.2 Å². The molecule has 2 saturated heterocycles. The summed E-state index contributed by atoms with van der Waals surface area (Å²) in [5.74, 6) is -1.59. The van der Waals surface area contributed by atoms with Crippen molar-refractivity contribution < 1.29 is 29.3 Å². The molecule has 0 aromatic carbocycles. The molecule has 0 saturated carbocycles. The Morgan fingerprint density at radius 2 is 2.27 bits per heavy atom. The number of aliphatic hydroxyl groups is 1. The Hall–Kier alpha value is -2.59. The Morgan fingerprint density at radius 3 is 2.88 bits per heavy atom. The van der Waals surface area contributed by atoms with Gasteiger partial charge in [0.2, 0.25) is 0 Å². The average molecular weight is 379 g/mol. The maximum absolute atomic E-state index is 12.5. The van der Waals surface area contributed by atoms with E-state index in [0.29, 0.717) is 16.8 Å². The Kier molecular flexibility index (Phi) is 4.63. The van der Waals surface area contributed by atoms with Gasteiger partial charge in [0.05, 0.1) is 22.6 Å². The molecule has 2 fully saturated rings. The highest BCUT2D eigenvalue weighted by molar-refractivity contribution is 8.02. The van der Waals surface area contributed by atoms with E-state index in [-0.39, 0.29) is 13.2 Å². The second-order valence-corrected chi connectivity index (χ2v) is 7.81. The van der Waals surface area contributed by atoms with E-state index >= 15 is 0 Å². The quantitative estimate of drug-likeness (QED) is 0.486. The second kappa shape index (κ2) is 6.61. The summed E-state index contributed by atoms with van der Waals surface area (Å²) in [5.41, 5.74) is 6.54. The molecular weight excluding hydrogens is 362 g/mol. The number of thioether (sulfide) groups is 1. The highest BCUT2D eigenvalue weighted by Gasteiger charge is 2.63. The van der Waals surface area contributed by atoms with Crippen LogP contribution >= 0.6 is 11.8 Å². The number of nitrogens with two attached hydrogens (primary N) is 1. The Morgan fingerprint density at radius 1 is 1.54 bits per heavy atom. The van der Waals surface area contributed by atoms with Crippen molar-refractivity contribution in [2.45, 2.75) is 29.7 Å². The monoisotopic (exact) mass is 379 g/mol. The van der Waals surface area contributed by atoms with Crippen molar-refractivity contribution in [1.82, 2.24) is 9.88 Å². The number of ether oxygens (including phenoxy) is 1. The van der Waals surface area contributed by atoms with Crippen LogP contribution in [-0.2, 0) is 20.9 Å². The van der Waals surface area contributed by atoms with Crippen LogP contribution < -0.4 is 5.73 Å². The van der Waals surface area contributed by atoms with Crippen LogP contribution in [0.25, 0.3) is 6.08 Å². The van der Waals surface area contributed by atoms with E-state index in [1.54, 1.807) is 25.1 Å². The van der Waals surface area contributed by atoms with E-state index in [9.17, 15) is 24.6 Å². The van der Waals surface area contributed by atoms with Gasteiger partial charge in [0, 0.05) is 6.20 Å². The molecule has 0 spiro atoms. The largest absolute Gasteiger partial charge is 0.480 e. The van der Waals surface area contributed by atoms with E-state index in [1.165, 1.54) is 22.9 Å². The predicted octanol–water partition coefficient (Wildman–Crippen LogP) is 0.180. The fourth-order valence-electron chi connectivity index (χ4n) is 3.10. The molecule has 3 atom stereocenters. The smallest absolute Gasteiger partial charge is 0.404 e. The minimum absolute atomic E-state index is 0.152. The topological polar surface area (TPSA) is 143 Å². The number of amides is 2. The number of carboxylic acids is 1. The number of pyridine rings is 1. The number of primary amides is 1. The first-order chi connectivity index (χ1) is 12.3. The van der Waals surface area contributed by atoms with Gasteiger partial charge in [0.25, 0.3) is 5.91 Å². The van der Waals surface area contributed by atoms with Gasteiger partial charge < -0.3 is 25.6 Å². The predicted molar refractivity (Wildman–Crippen MR) is 91.7 cm³/mol. The molecule has 9 nitrogen and oxygen atoms in total. The van der Waals surface area contributed by atoms with Crippen molar-refractivity contribution in [3.8, 4) is 0 Å². The SMILES string of the molecule is C[C@@]1(COC(N)=O)SC2/C(=C\c3cc(CO)ccn3)C(=O)N2[C@H]1C(=O)O. The van der Waals surface area contributed by atoms with Crippen molar-refractivity contribution in [3.63, 3.8) is 0 Å². The molecular formula is C16H17N3O6S. The fourth-order valence-corrected chi connectivity index (χ4v) is 4.71. The number of β-lactam (4-membered cyclic amide) rings is 1. The third-order valence-electron chi connectivity index (χ3n) is 4.30. The molecule has 0 bridgehead atoms. The second-order valence-electron chi connectivity index (χ2n) is 6.19. The molecule has 1 unspecified atom stereocenters. The lowest BCUT2D eigenvalue weighted by molar-refractivity contribution is -0.153. The van der Waals surface area contributed by atoms with Gasteiger partial charge in [-0.3, -0.25) is 9.78 Å². The molecule has 2 aliphatic heterocycles. The summed E-state index contributed by atoms with van der Waals surface area (Å²) in [6.07, 6.45) is 2.10. The number of carbonyl (C=O) groups excluding carboxylic acids is 2. The third-order valence-corrected chi connectivity index (χ3v) is 5.89. The van der Waals surface area contributed by atoms with Gasteiger partial charge in [-0.15, -0.1) is 11.8 Å². The normalized spacial score (nSPS) is 28.6. The maximum atomic E-state index is 12.5. The van der Waals surface area contributed by atoms with Crippen molar-refractivity contribution >= 4 is 35.8 Å². The molecule has 138 valence electrons. The van der Waals surface area contributed by atoms with E-state index in [2.05, 4.69) is 4.98 Å². The molecule has 3 heterocycles. The Labute approximate surface area is 152 Å². The number of aliphatic hydroxyl groups excluding tert-OH is 1. The number of rotatable bonds is 5. The molecule has 0 radical (unpaired) electrons. The summed E-state index contributed by atoms with van der Waals surface area (Å²) >= 11 is 1.23. The molecule has 10 heteroatoms. The lowest BCUT2D eigenvalue weighted by Gasteiger charge is -2.39. The summed E-state index contributed by atoms with van der Waals surface area (Å²) < 4.78 is 3.78. The summed E-state index contributed by atoms with van der Waals surface area (Å²) in [7, 11) is 0. The van der Waals surface area contributed by atoms with E-state index in [4.69, 9.17) is 10.5 Å². The number of fused-ring (bicyclic) bond motifs is 1. The first kappa shape index (κ1) is 18.2. The zero-order valence-corrected chi connectivity index (χ0v) is 14.6. The third kappa shape index (κ3) is 3.01. The number of carbonyl (C=O) groups is 3. The maximum Gasteiger partial charge on any atom is 0.404 e. The summed E-state index contributed by atoms with van der Waals surface area (Å²) in [5, 5.41) is 18.3. The van der Waals surface area contributed by atoms with Gasteiger partial charge in [-0.2, -0.15) is 0 Å². The molecule has 2 aliphatic rings. The lowest BCUT2D eigenvalue weighted by Crippen LogP contribution is -2.59. The van der Waals surface area contributed by atoms with Crippen LogP contribution in [0.1, 0.15) is 18.2 Å². The molecule has 26 heavy (non-hydrogen) atoms. The minimum atomic E-state index is -1.18. The van der Waals surface area contributed by atoms with E-state index < -0.39 is 34.1 Å². The van der Waals surface area contributed by atoms with E-state index in [1.807, 2.05) is 0 Å². The zero-order chi connectivity index (χ0) is 19.1.